The molecule has 1 amide bonds. The molecule has 2 N–H and O–H groups in total. The molecule has 0 spiro atoms. The van der Waals surface area contributed by atoms with E-state index in [0.29, 0.717) is 6.54 Å². The highest BCUT2D eigenvalue weighted by atomic mass is 16.4. The van der Waals surface area contributed by atoms with E-state index < -0.39 is 5.97 Å². The number of nitrogens with one attached hydrogen (secondary N) is 1. The Hall–Kier alpha value is -2.10. The van der Waals surface area contributed by atoms with Crippen molar-refractivity contribution in [3.05, 3.63) is 47.0 Å². The molecule has 1 aromatic carbocycles. The molecule has 1 aromatic rings. The molecule has 0 aliphatic rings. The van der Waals surface area contributed by atoms with Gasteiger partial charge in [-0.05, 0) is 25.3 Å². The van der Waals surface area contributed by atoms with Gasteiger partial charge in [0.15, 0.2) is 0 Å². The van der Waals surface area contributed by atoms with E-state index in [1.165, 1.54) is 13.8 Å². The molecular formula is C15H19NO3. The van der Waals surface area contributed by atoms with E-state index in [0.717, 1.165) is 5.56 Å². The molecule has 102 valence electrons. The molecule has 1 atom stereocenters. The Morgan fingerprint density at radius 2 is 1.74 bits per heavy atom. The van der Waals surface area contributed by atoms with Gasteiger partial charge in [0.05, 0.1) is 0 Å². The Labute approximate surface area is 113 Å². The third-order valence-electron chi connectivity index (χ3n) is 3.16. The average Bonchev–Trinajstić information content (AvgIpc) is 2.43. The maximum absolute atomic E-state index is 11.8. The number of carboxylic acids is 1. The second-order valence-electron chi connectivity index (χ2n) is 4.58. The fourth-order valence-corrected chi connectivity index (χ4v) is 1.61. The van der Waals surface area contributed by atoms with Crippen LogP contribution in [-0.4, -0.2) is 23.5 Å². The molecule has 0 aliphatic carbocycles. The summed E-state index contributed by atoms with van der Waals surface area (Å²) >= 11 is 0. The molecule has 0 aromatic heterocycles. The minimum Gasteiger partial charge on any atom is -0.478 e. The highest BCUT2D eigenvalue weighted by Gasteiger charge is 2.13. The van der Waals surface area contributed by atoms with Gasteiger partial charge in [-0.15, -0.1) is 0 Å². The molecule has 0 heterocycles. The third-order valence-corrected chi connectivity index (χ3v) is 3.16. The fourth-order valence-electron chi connectivity index (χ4n) is 1.61. The van der Waals surface area contributed by atoms with E-state index in [1.54, 1.807) is 0 Å². The summed E-state index contributed by atoms with van der Waals surface area (Å²) in [6, 6.07) is 9.85. The van der Waals surface area contributed by atoms with Crippen molar-refractivity contribution in [3.8, 4) is 0 Å². The van der Waals surface area contributed by atoms with Gasteiger partial charge in [0.2, 0.25) is 5.91 Å². The summed E-state index contributed by atoms with van der Waals surface area (Å²) in [6.45, 7) is 5.44. The highest BCUT2D eigenvalue weighted by Crippen LogP contribution is 2.13. The van der Waals surface area contributed by atoms with Crippen molar-refractivity contribution in [1.29, 1.82) is 0 Å². The van der Waals surface area contributed by atoms with Gasteiger partial charge >= 0.3 is 5.97 Å². The molecule has 4 nitrogen and oxygen atoms in total. The lowest BCUT2D eigenvalue weighted by atomic mass is 10.0. The van der Waals surface area contributed by atoms with Crippen molar-refractivity contribution < 1.29 is 14.7 Å². The van der Waals surface area contributed by atoms with Crippen molar-refractivity contribution in [2.45, 2.75) is 26.7 Å². The minimum absolute atomic E-state index is 0.0739. The molecule has 0 bridgehead atoms. The number of carboxylic acid groups (broad SMARTS) is 1. The van der Waals surface area contributed by atoms with Crippen molar-refractivity contribution in [2.75, 3.05) is 6.54 Å². The first-order chi connectivity index (χ1) is 8.93. The molecule has 19 heavy (non-hydrogen) atoms. The topological polar surface area (TPSA) is 66.4 Å². The SMILES string of the molecule is CC(C(=O)O)=C(C)C(=O)NCC(C)c1ccccc1. The van der Waals surface area contributed by atoms with Crippen molar-refractivity contribution >= 4 is 11.9 Å². The molecule has 4 heteroatoms. The van der Waals surface area contributed by atoms with Gasteiger partial charge in [0.1, 0.15) is 0 Å². The standard InChI is InChI=1S/C15H19NO3/c1-10(13-7-5-4-6-8-13)9-16-14(17)11(2)12(3)15(18)19/h4-8,10H,9H2,1-3H3,(H,16,17)(H,18,19). The summed E-state index contributed by atoms with van der Waals surface area (Å²) in [5, 5.41) is 11.6. The first-order valence-corrected chi connectivity index (χ1v) is 6.17. The van der Waals surface area contributed by atoms with E-state index >= 15 is 0 Å². The molecule has 0 saturated heterocycles. The number of benzene rings is 1. The van der Waals surface area contributed by atoms with Gasteiger partial charge in [0.25, 0.3) is 0 Å². The molecule has 0 aliphatic heterocycles. The fraction of sp³-hybridized carbons (Fsp3) is 0.333. The zero-order chi connectivity index (χ0) is 14.4. The molecule has 0 saturated carbocycles. The average molecular weight is 261 g/mol. The lowest BCUT2D eigenvalue weighted by Gasteiger charge is -2.13. The van der Waals surface area contributed by atoms with Crippen molar-refractivity contribution in [3.63, 3.8) is 0 Å². The first-order valence-electron chi connectivity index (χ1n) is 6.17. The zero-order valence-electron chi connectivity index (χ0n) is 11.4. The maximum atomic E-state index is 11.8. The van der Waals surface area contributed by atoms with Gasteiger partial charge in [-0.1, -0.05) is 37.3 Å². The van der Waals surface area contributed by atoms with E-state index in [1.807, 2.05) is 37.3 Å². The molecule has 0 radical (unpaired) electrons. The number of aliphatic carboxylic acids is 1. The largest absolute Gasteiger partial charge is 0.478 e. The smallest absolute Gasteiger partial charge is 0.331 e. The summed E-state index contributed by atoms with van der Waals surface area (Å²) in [4.78, 5) is 22.6. The second kappa shape index (κ2) is 6.73. The lowest BCUT2D eigenvalue weighted by molar-refractivity contribution is -0.133. The highest BCUT2D eigenvalue weighted by molar-refractivity contribution is 6.01. The Bertz CT molecular complexity index is 491. The molecule has 1 unspecified atom stereocenters. The van der Waals surface area contributed by atoms with Crippen LogP contribution < -0.4 is 5.32 Å². The van der Waals surface area contributed by atoms with Gasteiger partial charge in [-0.3, -0.25) is 4.79 Å². The van der Waals surface area contributed by atoms with Crippen LogP contribution in [0.5, 0.6) is 0 Å². The van der Waals surface area contributed by atoms with E-state index in [2.05, 4.69) is 5.32 Å². The van der Waals surface area contributed by atoms with Crippen LogP contribution in [0.2, 0.25) is 0 Å². The molecular weight excluding hydrogens is 242 g/mol. The van der Waals surface area contributed by atoms with Gasteiger partial charge in [0, 0.05) is 17.7 Å². The number of hydrogen-bond donors (Lipinski definition) is 2. The Balaban J connectivity index is 2.61. The Kier molecular flexibility index (Phi) is 5.30. The van der Waals surface area contributed by atoms with Crippen LogP contribution in [0, 0.1) is 0 Å². The van der Waals surface area contributed by atoms with Crippen molar-refractivity contribution in [1.82, 2.24) is 5.32 Å². The lowest BCUT2D eigenvalue weighted by Crippen LogP contribution is -2.29. The monoisotopic (exact) mass is 261 g/mol. The Morgan fingerprint density at radius 3 is 2.26 bits per heavy atom. The number of amides is 1. The van der Waals surface area contributed by atoms with Crippen LogP contribution >= 0.6 is 0 Å². The van der Waals surface area contributed by atoms with Gasteiger partial charge < -0.3 is 10.4 Å². The summed E-state index contributed by atoms with van der Waals surface area (Å²) in [6.07, 6.45) is 0. The van der Waals surface area contributed by atoms with Crippen LogP contribution in [0.3, 0.4) is 0 Å². The summed E-state index contributed by atoms with van der Waals surface area (Å²) in [5.41, 5.74) is 1.46. The normalized spacial score (nSPS) is 13.4. The van der Waals surface area contributed by atoms with Crippen LogP contribution in [-0.2, 0) is 9.59 Å². The molecule has 0 fully saturated rings. The minimum atomic E-state index is -1.07. The van der Waals surface area contributed by atoms with Gasteiger partial charge in [-0.2, -0.15) is 0 Å². The molecule has 1 rings (SSSR count). The van der Waals surface area contributed by atoms with Crippen LogP contribution in [0.1, 0.15) is 32.3 Å². The predicted molar refractivity (Wildman–Crippen MR) is 73.9 cm³/mol. The summed E-state index contributed by atoms with van der Waals surface area (Å²) in [5.74, 6) is -1.21. The number of hydrogen-bond acceptors (Lipinski definition) is 2. The van der Waals surface area contributed by atoms with Gasteiger partial charge in [-0.25, -0.2) is 4.79 Å². The van der Waals surface area contributed by atoms with E-state index in [9.17, 15) is 9.59 Å². The van der Waals surface area contributed by atoms with E-state index in [-0.39, 0.29) is 23.0 Å². The predicted octanol–water partition coefficient (Wildman–Crippen LogP) is 2.33. The number of rotatable bonds is 5. The third kappa shape index (κ3) is 4.25. The maximum Gasteiger partial charge on any atom is 0.331 e. The van der Waals surface area contributed by atoms with Crippen LogP contribution in [0.15, 0.2) is 41.5 Å². The van der Waals surface area contributed by atoms with Crippen molar-refractivity contribution in [2.24, 2.45) is 0 Å². The number of carbonyl (C=O) groups excluding carboxylic acids is 1. The quantitative estimate of drug-likeness (QED) is 0.799. The summed E-state index contributed by atoms with van der Waals surface area (Å²) < 4.78 is 0. The van der Waals surface area contributed by atoms with E-state index in [4.69, 9.17) is 5.11 Å². The second-order valence-corrected chi connectivity index (χ2v) is 4.58. The zero-order valence-corrected chi connectivity index (χ0v) is 11.4. The van der Waals surface area contributed by atoms with Crippen LogP contribution in [0.4, 0.5) is 0 Å². The summed E-state index contributed by atoms with van der Waals surface area (Å²) in [7, 11) is 0. The Morgan fingerprint density at radius 1 is 1.16 bits per heavy atom. The number of carbonyl (C=O) groups is 2. The first kappa shape index (κ1) is 15.0. The van der Waals surface area contributed by atoms with Crippen LogP contribution in [0.25, 0.3) is 0 Å².